The standard InChI is InChI=1S/C7H5F2NO3/c1-13-6-3-4(10(11)12)2-5(8)7(6)9/h2-3H,1H3. The Morgan fingerprint density at radius 2 is 2.08 bits per heavy atom. The quantitative estimate of drug-likeness (QED) is 0.527. The minimum Gasteiger partial charge on any atom is -0.493 e. The number of benzene rings is 1. The molecule has 0 fully saturated rings. The lowest BCUT2D eigenvalue weighted by molar-refractivity contribution is -0.385. The lowest BCUT2D eigenvalue weighted by Gasteiger charge is -2.01. The Morgan fingerprint density at radius 1 is 1.46 bits per heavy atom. The first-order chi connectivity index (χ1) is 6.06. The van der Waals surface area contributed by atoms with Gasteiger partial charge in [0.05, 0.1) is 24.2 Å². The maximum Gasteiger partial charge on any atom is 0.276 e. The summed E-state index contributed by atoms with van der Waals surface area (Å²) in [7, 11) is 1.10. The molecule has 0 spiro atoms. The van der Waals surface area contributed by atoms with Crippen LogP contribution in [-0.4, -0.2) is 12.0 Å². The summed E-state index contributed by atoms with van der Waals surface area (Å²) in [6.07, 6.45) is 0. The SMILES string of the molecule is COc1cc([N+](=O)[O-])cc(F)c1F. The molecule has 0 unspecified atom stereocenters. The van der Waals surface area contributed by atoms with Crippen LogP contribution in [0.15, 0.2) is 12.1 Å². The number of nitro groups is 1. The highest BCUT2D eigenvalue weighted by atomic mass is 19.2. The van der Waals surface area contributed by atoms with Crippen molar-refractivity contribution in [1.82, 2.24) is 0 Å². The van der Waals surface area contributed by atoms with Crippen LogP contribution in [0.1, 0.15) is 0 Å². The Kier molecular flexibility index (Phi) is 2.41. The summed E-state index contributed by atoms with van der Waals surface area (Å²) in [5, 5.41) is 10.2. The number of methoxy groups -OCH3 is 1. The first-order valence-electron chi connectivity index (χ1n) is 3.23. The van der Waals surface area contributed by atoms with E-state index in [0.29, 0.717) is 6.07 Å². The minimum absolute atomic E-state index is 0.480. The monoisotopic (exact) mass is 189 g/mol. The van der Waals surface area contributed by atoms with E-state index >= 15 is 0 Å². The van der Waals surface area contributed by atoms with E-state index < -0.39 is 28.0 Å². The molecule has 0 aliphatic carbocycles. The van der Waals surface area contributed by atoms with Gasteiger partial charge >= 0.3 is 0 Å². The molecule has 0 saturated carbocycles. The van der Waals surface area contributed by atoms with Crippen molar-refractivity contribution in [3.63, 3.8) is 0 Å². The van der Waals surface area contributed by atoms with Crippen LogP contribution in [0.5, 0.6) is 5.75 Å². The average Bonchev–Trinajstić information content (AvgIpc) is 2.09. The summed E-state index contributed by atoms with van der Waals surface area (Å²) >= 11 is 0. The molecule has 0 N–H and O–H groups in total. The Morgan fingerprint density at radius 3 is 2.54 bits per heavy atom. The zero-order valence-electron chi connectivity index (χ0n) is 6.58. The van der Waals surface area contributed by atoms with Crippen LogP contribution < -0.4 is 4.74 Å². The highest BCUT2D eigenvalue weighted by Crippen LogP contribution is 2.25. The fourth-order valence-electron chi connectivity index (χ4n) is 0.804. The highest BCUT2D eigenvalue weighted by molar-refractivity contribution is 5.40. The van der Waals surface area contributed by atoms with E-state index in [0.717, 1.165) is 13.2 Å². The fourth-order valence-corrected chi connectivity index (χ4v) is 0.804. The van der Waals surface area contributed by atoms with Gasteiger partial charge in [-0.05, 0) is 0 Å². The van der Waals surface area contributed by atoms with E-state index in [1.54, 1.807) is 0 Å². The molecular formula is C7H5F2NO3. The number of nitro benzene ring substituents is 1. The summed E-state index contributed by atoms with van der Waals surface area (Å²) in [5.74, 6) is -3.01. The van der Waals surface area contributed by atoms with Gasteiger partial charge in [0.1, 0.15) is 0 Å². The van der Waals surface area contributed by atoms with Gasteiger partial charge in [0.25, 0.3) is 5.69 Å². The van der Waals surface area contributed by atoms with Gasteiger partial charge in [-0.15, -0.1) is 0 Å². The smallest absolute Gasteiger partial charge is 0.276 e. The fraction of sp³-hybridized carbons (Fsp3) is 0.143. The van der Waals surface area contributed by atoms with E-state index in [2.05, 4.69) is 4.74 Å². The van der Waals surface area contributed by atoms with Crippen LogP contribution in [0.4, 0.5) is 14.5 Å². The molecule has 0 heterocycles. The molecule has 0 atom stereocenters. The normalized spacial score (nSPS) is 9.77. The first-order valence-corrected chi connectivity index (χ1v) is 3.23. The molecule has 0 radical (unpaired) electrons. The second-order valence-corrected chi connectivity index (χ2v) is 2.20. The summed E-state index contributed by atoms with van der Waals surface area (Å²) in [4.78, 5) is 9.37. The van der Waals surface area contributed by atoms with Gasteiger partial charge in [0.2, 0.25) is 5.82 Å². The molecule has 6 heteroatoms. The molecule has 0 saturated heterocycles. The van der Waals surface area contributed by atoms with Crippen molar-refractivity contribution in [1.29, 1.82) is 0 Å². The van der Waals surface area contributed by atoms with Gasteiger partial charge in [0.15, 0.2) is 11.6 Å². The molecule has 1 aromatic carbocycles. The third-order valence-electron chi connectivity index (χ3n) is 1.41. The zero-order chi connectivity index (χ0) is 10.0. The van der Waals surface area contributed by atoms with Crippen molar-refractivity contribution in [2.45, 2.75) is 0 Å². The van der Waals surface area contributed by atoms with Crippen LogP contribution in [0, 0.1) is 21.7 Å². The van der Waals surface area contributed by atoms with Crippen LogP contribution in [0.2, 0.25) is 0 Å². The zero-order valence-corrected chi connectivity index (χ0v) is 6.58. The number of hydrogen-bond donors (Lipinski definition) is 0. The van der Waals surface area contributed by atoms with Gasteiger partial charge < -0.3 is 4.74 Å². The lowest BCUT2D eigenvalue weighted by atomic mass is 10.3. The Hall–Kier alpha value is -1.72. The van der Waals surface area contributed by atoms with E-state index in [1.807, 2.05) is 0 Å². The van der Waals surface area contributed by atoms with Crippen LogP contribution in [0.25, 0.3) is 0 Å². The molecule has 13 heavy (non-hydrogen) atoms. The number of non-ortho nitro benzene ring substituents is 1. The van der Waals surface area contributed by atoms with Crippen LogP contribution in [0.3, 0.4) is 0 Å². The molecular weight excluding hydrogens is 184 g/mol. The van der Waals surface area contributed by atoms with Crippen molar-refractivity contribution < 1.29 is 18.4 Å². The predicted octanol–water partition coefficient (Wildman–Crippen LogP) is 1.88. The van der Waals surface area contributed by atoms with Gasteiger partial charge in [-0.2, -0.15) is 4.39 Å². The van der Waals surface area contributed by atoms with Gasteiger partial charge in [-0.3, -0.25) is 10.1 Å². The largest absolute Gasteiger partial charge is 0.493 e. The Balaban J connectivity index is 3.30. The molecule has 4 nitrogen and oxygen atoms in total. The van der Waals surface area contributed by atoms with Crippen LogP contribution in [-0.2, 0) is 0 Å². The van der Waals surface area contributed by atoms with Crippen molar-refractivity contribution in [3.8, 4) is 5.75 Å². The van der Waals surface area contributed by atoms with Crippen molar-refractivity contribution >= 4 is 5.69 Å². The van der Waals surface area contributed by atoms with Gasteiger partial charge in [-0.1, -0.05) is 0 Å². The highest BCUT2D eigenvalue weighted by Gasteiger charge is 2.16. The number of ether oxygens (including phenoxy) is 1. The number of hydrogen-bond acceptors (Lipinski definition) is 3. The van der Waals surface area contributed by atoms with Gasteiger partial charge in [-0.25, -0.2) is 4.39 Å². The maximum absolute atomic E-state index is 12.7. The van der Waals surface area contributed by atoms with E-state index in [9.17, 15) is 18.9 Å². The lowest BCUT2D eigenvalue weighted by Crippen LogP contribution is -1.96. The van der Waals surface area contributed by atoms with Crippen LogP contribution >= 0.6 is 0 Å². The predicted molar refractivity (Wildman–Crippen MR) is 39.6 cm³/mol. The van der Waals surface area contributed by atoms with Crippen molar-refractivity contribution in [2.75, 3.05) is 7.11 Å². The summed E-state index contributed by atoms with van der Waals surface area (Å²) in [5.41, 5.74) is -0.546. The third-order valence-corrected chi connectivity index (χ3v) is 1.41. The number of nitrogens with zero attached hydrogens (tertiary/aromatic N) is 1. The molecule has 0 bridgehead atoms. The van der Waals surface area contributed by atoms with Crippen molar-refractivity contribution in [2.24, 2.45) is 0 Å². The first kappa shape index (κ1) is 9.37. The minimum atomic E-state index is -1.30. The second-order valence-electron chi connectivity index (χ2n) is 2.20. The maximum atomic E-state index is 12.7. The van der Waals surface area contributed by atoms with E-state index in [1.165, 1.54) is 0 Å². The number of halogens is 2. The average molecular weight is 189 g/mol. The summed E-state index contributed by atoms with van der Waals surface area (Å²) in [6.45, 7) is 0. The summed E-state index contributed by atoms with van der Waals surface area (Å²) < 4.78 is 29.7. The molecule has 1 aromatic rings. The molecule has 0 aliphatic heterocycles. The second kappa shape index (κ2) is 3.34. The number of rotatable bonds is 2. The molecule has 1 rings (SSSR count). The van der Waals surface area contributed by atoms with E-state index in [4.69, 9.17) is 0 Å². The topological polar surface area (TPSA) is 52.4 Å². The Bertz CT molecular complexity index is 354. The third kappa shape index (κ3) is 1.71. The summed E-state index contributed by atoms with van der Waals surface area (Å²) in [6, 6.07) is 1.32. The molecule has 0 aromatic heterocycles. The van der Waals surface area contributed by atoms with Crippen molar-refractivity contribution in [3.05, 3.63) is 33.9 Å². The van der Waals surface area contributed by atoms with Gasteiger partial charge in [0, 0.05) is 0 Å². The Labute approximate surface area is 71.9 Å². The molecule has 70 valence electrons. The van der Waals surface area contributed by atoms with E-state index in [-0.39, 0.29) is 0 Å². The molecule has 0 aliphatic rings. The molecule has 0 amide bonds.